The van der Waals surface area contributed by atoms with Crippen LogP contribution in [-0.4, -0.2) is 68.2 Å². The third-order valence-corrected chi connectivity index (χ3v) is 3.68. The number of piperazine rings is 1. The van der Waals surface area contributed by atoms with Gasteiger partial charge in [0.2, 0.25) is 0 Å². The van der Waals surface area contributed by atoms with E-state index in [0.29, 0.717) is 0 Å². The molecule has 0 aromatic rings. The predicted molar refractivity (Wildman–Crippen MR) is 70.9 cm³/mol. The highest BCUT2D eigenvalue weighted by Gasteiger charge is 2.13. The van der Waals surface area contributed by atoms with E-state index in [-0.39, 0.29) is 0 Å². The molecule has 0 aromatic carbocycles. The van der Waals surface area contributed by atoms with E-state index >= 15 is 0 Å². The molecule has 0 atom stereocenters. The summed E-state index contributed by atoms with van der Waals surface area (Å²) in [4.78, 5) is 7.96. The average Bonchev–Trinajstić information content (AvgIpc) is 2.42. The second-order valence-corrected chi connectivity index (χ2v) is 5.49. The van der Waals surface area contributed by atoms with Crippen LogP contribution < -0.4 is 5.26 Å². The first-order chi connectivity index (χ1) is 9.11. The van der Waals surface area contributed by atoms with Crippen LogP contribution in [0, 0.1) is 5.92 Å². The lowest BCUT2D eigenvalue weighted by Crippen LogP contribution is -2.42. The molecule has 0 aromatic heterocycles. The fourth-order valence-electron chi connectivity index (χ4n) is 2.06. The van der Waals surface area contributed by atoms with E-state index < -0.39 is 0 Å². The van der Waals surface area contributed by atoms with Gasteiger partial charge in [-0.3, -0.25) is 5.01 Å². The number of likely N-dealkylation sites (N-methyl/N-ethyl adjacent to an activating group) is 2. The molecule has 112 valence electrons. The zero-order valence-corrected chi connectivity index (χ0v) is 12.3. The molecule has 2 heterocycles. The number of piperidine rings is 1. The van der Waals surface area contributed by atoms with E-state index in [4.69, 9.17) is 0 Å². The molecular weight excluding hydrogens is 246 g/mol. The molecule has 2 aliphatic rings. The smallest absolute Gasteiger partial charge is 0.0401 e. The normalized spacial score (nSPS) is 23.3. The SMILES string of the molecule is CC1CCN(/N=N/O[O-])CC1.CN1CCN(C)CC1. The standard InChI is InChI=1S/C6H13N3O2.C6H14N2/c1-6-2-4-9(5-3-6)7-8-11-10;1-7-3-5-8(2)6-4-7/h6,10H,2-5H2,1H3;3-6H2,1-2H3/p-1/b8-7+;. The number of hydrogen-bond donors (Lipinski definition) is 0. The van der Waals surface area contributed by atoms with Crippen LogP contribution in [0.5, 0.6) is 0 Å². The molecule has 0 amide bonds. The van der Waals surface area contributed by atoms with Crippen LogP contribution in [0.3, 0.4) is 0 Å². The van der Waals surface area contributed by atoms with Gasteiger partial charge in [-0.05, 0) is 38.1 Å². The summed E-state index contributed by atoms with van der Waals surface area (Å²) in [5, 5.41) is 17.7. The van der Waals surface area contributed by atoms with Crippen LogP contribution in [0.25, 0.3) is 0 Å². The maximum absolute atomic E-state index is 9.45. The average molecular weight is 272 g/mol. The minimum atomic E-state index is 0.759. The van der Waals surface area contributed by atoms with Gasteiger partial charge in [-0.15, -0.1) is 0 Å². The highest BCUT2D eigenvalue weighted by Crippen LogP contribution is 2.15. The second-order valence-electron chi connectivity index (χ2n) is 5.49. The second kappa shape index (κ2) is 9.06. The van der Waals surface area contributed by atoms with Crippen molar-refractivity contribution in [3.05, 3.63) is 0 Å². The van der Waals surface area contributed by atoms with Crippen molar-refractivity contribution in [1.29, 1.82) is 0 Å². The third-order valence-electron chi connectivity index (χ3n) is 3.68. The van der Waals surface area contributed by atoms with E-state index in [0.717, 1.165) is 31.8 Å². The van der Waals surface area contributed by atoms with E-state index in [1.807, 2.05) is 0 Å². The first kappa shape index (κ1) is 16.1. The van der Waals surface area contributed by atoms with Crippen molar-refractivity contribution in [2.45, 2.75) is 19.8 Å². The number of rotatable bonds is 2. The van der Waals surface area contributed by atoms with Crippen molar-refractivity contribution in [3.8, 4) is 0 Å². The Morgan fingerprint density at radius 2 is 1.42 bits per heavy atom. The fourth-order valence-corrected chi connectivity index (χ4v) is 2.06. The Morgan fingerprint density at radius 1 is 0.947 bits per heavy atom. The van der Waals surface area contributed by atoms with E-state index in [2.05, 4.69) is 46.3 Å². The van der Waals surface area contributed by atoms with E-state index in [1.165, 1.54) is 26.2 Å². The van der Waals surface area contributed by atoms with Crippen LogP contribution in [0.4, 0.5) is 0 Å². The lowest BCUT2D eigenvalue weighted by atomic mass is 10.0. The summed E-state index contributed by atoms with van der Waals surface area (Å²) >= 11 is 0. The summed E-state index contributed by atoms with van der Waals surface area (Å²) in [5.74, 6) is 0.759. The largest absolute Gasteiger partial charge is 0.636 e. The molecule has 0 unspecified atom stereocenters. The Hall–Kier alpha value is -0.920. The molecular formula is C12H26N5O2-. The maximum Gasteiger partial charge on any atom is 0.0401 e. The summed E-state index contributed by atoms with van der Waals surface area (Å²) < 4.78 is 0. The minimum absolute atomic E-state index is 0.759. The first-order valence-corrected chi connectivity index (χ1v) is 6.93. The molecule has 19 heavy (non-hydrogen) atoms. The highest BCUT2D eigenvalue weighted by molar-refractivity contribution is 4.65. The molecule has 7 heteroatoms. The zero-order chi connectivity index (χ0) is 14.1. The molecule has 0 N–H and O–H groups in total. The van der Waals surface area contributed by atoms with Gasteiger partial charge in [-0.1, -0.05) is 6.92 Å². The number of hydrogen-bond acceptors (Lipinski definition) is 6. The van der Waals surface area contributed by atoms with Crippen LogP contribution in [0.1, 0.15) is 19.8 Å². The van der Waals surface area contributed by atoms with Gasteiger partial charge in [0.15, 0.2) is 0 Å². The van der Waals surface area contributed by atoms with Crippen molar-refractivity contribution in [2.75, 3.05) is 53.4 Å². The molecule has 0 radical (unpaired) electrons. The van der Waals surface area contributed by atoms with Gasteiger partial charge in [-0.2, -0.15) is 0 Å². The molecule has 0 saturated carbocycles. The summed E-state index contributed by atoms with van der Waals surface area (Å²) in [5.41, 5.74) is 0. The van der Waals surface area contributed by atoms with E-state index in [1.54, 1.807) is 5.01 Å². The number of nitrogens with zero attached hydrogens (tertiary/aromatic N) is 5. The van der Waals surface area contributed by atoms with Gasteiger partial charge < -0.3 is 20.0 Å². The lowest BCUT2D eigenvalue weighted by molar-refractivity contribution is -0.695. The Kier molecular flexibility index (Phi) is 7.69. The highest BCUT2D eigenvalue weighted by atomic mass is 17.2. The van der Waals surface area contributed by atoms with Crippen molar-refractivity contribution in [3.63, 3.8) is 0 Å². The molecule has 0 aliphatic carbocycles. The molecule has 0 spiro atoms. The summed E-state index contributed by atoms with van der Waals surface area (Å²) in [7, 11) is 4.35. The monoisotopic (exact) mass is 272 g/mol. The van der Waals surface area contributed by atoms with Crippen LogP contribution in [0.2, 0.25) is 0 Å². The fraction of sp³-hybridized carbons (Fsp3) is 1.00. The Labute approximate surface area is 115 Å². The van der Waals surface area contributed by atoms with Crippen molar-refractivity contribution < 1.29 is 10.2 Å². The van der Waals surface area contributed by atoms with Crippen molar-refractivity contribution in [2.24, 2.45) is 16.4 Å². The zero-order valence-electron chi connectivity index (χ0n) is 12.3. The molecule has 2 rings (SSSR count). The minimum Gasteiger partial charge on any atom is -0.636 e. The topological polar surface area (TPSA) is 66.7 Å². The molecule has 7 nitrogen and oxygen atoms in total. The summed E-state index contributed by atoms with van der Waals surface area (Å²) in [6.45, 7) is 8.88. The Balaban J connectivity index is 0.000000200. The van der Waals surface area contributed by atoms with Gasteiger partial charge in [0, 0.05) is 44.5 Å². The molecule has 2 fully saturated rings. The van der Waals surface area contributed by atoms with Gasteiger partial charge in [0.05, 0.1) is 0 Å². The van der Waals surface area contributed by atoms with Gasteiger partial charge in [0.1, 0.15) is 0 Å². The van der Waals surface area contributed by atoms with E-state index in [9.17, 15) is 5.26 Å². The van der Waals surface area contributed by atoms with Crippen LogP contribution in [-0.2, 0) is 4.99 Å². The first-order valence-electron chi connectivity index (χ1n) is 6.93. The van der Waals surface area contributed by atoms with Crippen molar-refractivity contribution >= 4 is 0 Å². The molecule has 2 aliphatic heterocycles. The molecule has 0 bridgehead atoms. The quantitative estimate of drug-likeness (QED) is 0.407. The third kappa shape index (κ3) is 7.29. The Bertz CT molecular complexity index is 239. The summed E-state index contributed by atoms with van der Waals surface area (Å²) in [6, 6.07) is 0. The van der Waals surface area contributed by atoms with Crippen LogP contribution in [0.15, 0.2) is 10.5 Å². The van der Waals surface area contributed by atoms with Gasteiger partial charge >= 0.3 is 0 Å². The lowest BCUT2D eigenvalue weighted by Gasteiger charge is -2.28. The van der Waals surface area contributed by atoms with Gasteiger partial charge in [-0.25, -0.2) is 0 Å². The molecule has 2 saturated heterocycles. The Morgan fingerprint density at radius 3 is 1.84 bits per heavy atom. The van der Waals surface area contributed by atoms with Crippen LogP contribution >= 0.6 is 0 Å². The predicted octanol–water partition coefficient (Wildman–Crippen LogP) is 0.156. The van der Waals surface area contributed by atoms with Gasteiger partial charge in [0.25, 0.3) is 0 Å². The van der Waals surface area contributed by atoms with Crippen molar-refractivity contribution in [1.82, 2.24) is 14.8 Å². The summed E-state index contributed by atoms with van der Waals surface area (Å²) in [6.07, 6.45) is 2.22. The maximum atomic E-state index is 9.45.